The number of ether oxygens (including phenoxy) is 1. The largest absolute Gasteiger partial charge is 0.435 e. The number of anilines is 2. The fraction of sp³-hybridized carbons (Fsp3) is 0.353. The third-order valence-electron chi connectivity index (χ3n) is 4.04. The van der Waals surface area contributed by atoms with Crippen LogP contribution in [-0.2, 0) is 0 Å². The van der Waals surface area contributed by atoms with Crippen molar-refractivity contribution in [1.82, 2.24) is 15.3 Å². The maximum absolute atomic E-state index is 12.1. The van der Waals surface area contributed by atoms with Gasteiger partial charge in [-0.2, -0.15) is 8.78 Å². The summed E-state index contributed by atoms with van der Waals surface area (Å²) in [7, 11) is 0. The highest BCUT2D eigenvalue weighted by Gasteiger charge is 2.21. The van der Waals surface area contributed by atoms with E-state index in [1.165, 1.54) is 24.3 Å². The molecule has 7 nitrogen and oxygen atoms in total. The Bertz CT molecular complexity index is 707. The fourth-order valence-electron chi connectivity index (χ4n) is 2.78. The zero-order valence-corrected chi connectivity index (χ0v) is 13.9. The number of piperidine rings is 1. The van der Waals surface area contributed by atoms with E-state index in [2.05, 4.69) is 30.2 Å². The molecule has 0 saturated carbocycles. The van der Waals surface area contributed by atoms with E-state index in [4.69, 9.17) is 0 Å². The first-order valence-corrected chi connectivity index (χ1v) is 8.23. The van der Waals surface area contributed by atoms with Crippen molar-refractivity contribution in [2.45, 2.75) is 25.5 Å². The molecular formula is C17H19F2N5O2. The van der Waals surface area contributed by atoms with Gasteiger partial charge in [-0.15, -0.1) is 0 Å². The van der Waals surface area contributed by atoms with E-state index in [1.807, 2.05) is 0 Å². The second kappa shape index (κ2) is 8.41. The molecule has 1 saturated heterocycles. The van der Waals surface area contributed by atoms with E-state index >= 15 is 0 Å². The number of nitrogens with one attached hydrogen (secondary N) is 2. The second-order valence-corrected chi connectivity index (χ2v) is 5.83. The van der Waals surface area contributed by atoms with Gasteiger partial charge in [0, 0.05) is 37.2 Å². The topological polar surface area (TPSA) is 79.4 Å². The number of hydrogen-bond acceptors (Lipinski definition) is 5. The summed E-state index contributed by atoms with van der Waals surface area (Å²) in [5.74, 6) is 0.879. The van der Waals surface area contributed by atoms with E-state index in [9.17, 15) is 13.6 Å². The predicted octanol–water partition coefficient (Wildman–Crippen LogP) is 2.87. The number of rotatable bonds is 5. The van der Waals surface area contributed by atoms with Gasteiger partial charge in [0.05, 0.1) is 6.20 Å². The van der Waals surface area contributed by atoms with Gasteiger partial charge < -0.3 is 20.3 Å². The van der Waals surface area contributed by atoms with E-state index in [0.717, 1.165) is 31.7 Å². The molecule has 1 aromatic heterocycles. The monoisotopic (exact) mass is 363 g/mol. The lowest BCUT2D eigenvalue weighted by atomic mass is 10.1. The summed E-state index contributed by atoms with van der Waals surface area (Å²) in [6, 6.07) is 5.50. The molecule has 2 heterocycles. The Morgan fingerprint density at radius 1 is 1.19 bits per heavy atom. The van der Waals surface area contributed by atoms with Gasteiger partial charge in [-0.3, -0.25) is 4.98 Å². The first-order chi connectivity index (χ1) is 12.6. The summed E-state index contributed by atoms with van der Waals surface area (Å²) >= 11 is 0. The molecule has 1 aliphatic rings. The van der Waals surface area contributed by atoms with Gasteiger partial charge in [-0.1, -0.05) is 0 Å². The van der Waals surface area contributed by atoms with E-state index in [0.29, 0.717) is 5.69 Å². The molecule has 1 fully saturated rings. The number of amides is 2. The quantitative estimate of drug-likeness (QED) is 0.854. The van der Waals surface area contributed by atoms with Gasteiger partial charge in [-0.25, -0.2) is 9.78 Å². The lowest BCUT2D eigenvalue weighted by Crippen LogP contribution is -2.46. The molecule has 26 heavy (non-hydrogen) atoms. The third kappa shape index (κ3) is 5.01. The molecule has 2 amide bonds. The van der Waals surface area contributed by atoms with Crippen molar-refractivity contribution in [2.75, 3.05) is 23.3 Å². The first-order valence-electron chi connectivity index (χ1n) is 8.23. The predicted molar refractivity (Wildman–Crippen MR) is 92.5 cm³/mol. The van der Waals surface area contributed by atoms with Gasteiger partial charge in [0.1, 0.15) is 11.6 Å². The Morgan fingerprint density at radius 3 is 2.54 bits per heavy atom. The van der Waals surface area contributed by atoms with Crippen molar-refractivity contribution in [3.63, 3.8) is 0 Å². The average molecular weight is 363 g/mol. The van der Waals surface area contributed by atoms with Crippen LogP contribution < -0.4 is 20.3 Å². The van der Waals surface area contributed by atoms with Crippen molar-refractivity contribution in [3.05, 3.63) is 42.9 Å². The molecule has 2 N–H and O–H groups in total. The normalized spacial score (nSPS) is 15.0. The molecular weight excluding hydrogens is 344 g/mol. The van der Waals surface area contributed by atoms with Crippen molar-refractivity contribution in [1.29, 1.82) is 0 Å². The third-order valence-corrected chi connectivity index (χ3v) is 4.04. The molecule has 138 valence electrons. The van der Waals surface area contributed by atoms with Crippen LogP contribution >= 0.6 is 0 Å². The zero-order valence-electron chi connectivity index (χ0n) is 13.9. The summed E-state index contributed by atoms with van der Waals surface area (Å²) in [5.41, 5.74) is 0.501. The number of hydrogen-bond donors (Lipinski definition) is 2. The van der Waals surface area contributed by atoms with Crippen molar-refractivity contribution in [2.24, 2.45) is 0 Å². The van der Waals surface area contributed by atoms with Crippen LogP contribution in [0.15, 0.2) is 42.9 Å². The number of urea groups is 1. The van der Waals surface area contributed by atoms with Crippen LogP contribution in [0.3, 0.4) is 0 Å². The van der Waals surface area contributed by atoms with Crippen LogP contribution in [0.5, 0.6) is 5.75 Å². The lowest BCUT2D eigenvalue weighted by Gasteiger charge is -2.32. The maximum Gasteiger partial charge on any atom is 0.387 e. The Balaban J connectivity index is 1.44. The SMILES string of the molecule is O=C(Nc1ccc(OC(F)F)cc1)NC1CCN(c2cnccn2)CC1. The Labute approximate surface area is 149 Å². The highest BCUT2D eigenvalue weighted by Crippen LogP contribution is 2.19. The molecule has 1 aliphatic heterocycles. The zero-order chi connectivity index (χ0) is 18.4. The molecule has 0 radical (unpaired) electrons. The minimum atomic E-state index is -2.87. The van der Waals surface area contributed by atoms with Gasteiger partial charge >= 0.3 is 12.6 Å². The van der Waals surface area contributed by atoms with E-state index < -0.39 is 6.61 Å². The number of benzene rings is 1. The van der Waals surface area contributed by atoms with Gasteiger partial charge in [0.25, 0.3) is 0 Å². The Hall–Kier alpha value is -2.97. The molecule has 0 aliphatic carbocycles. The molecule has 0 atom stereocenters. The molecule has 9 heteroatoms. The average Bonchev–Trinajstić information content (AvgIpc) is 2.64. The second-order valence-electron chi connectivity index (χ2n) is 5.83. The van der Waals surface area contributed by atoms with Gasteiger partial charge in [0.15, 0.2) is 0 Å². The van der Waals surface area contributed by atoms with Crippen molar-refractivity contribution >= 4 is 17.5 Å². The number of nitrogens with zero attached hydrogens (tertiary/aromatic N) is 3. The summed E-state index contributed by atoms with van der Waals surface area (Å²) < 4.78 is 28.5. The highest BCUT2D eigenvalue weighted by molar-refractivity contribution is 5.89. The van der Waals surface area contributed by atoms with Crippen LogP contribution in [-0.4, -0.2) is 41.7 Å². The Morgan fingerprint density at radius 2 is 1.92 bits per heavy atom. The number of alkyl halides is 2. The van der Waals surface area contributed by atoms with E-state index in [1.54, 1.807) is 18.6 Å². The summed E-state index contributed by atoms with van der Waals surface area (Å²) in [4.78, 5) is 22.6. The molecule has 3 rings (SSSR count). The van der Waals surface area contributed by atoms with Crippen LogP contribution in [0.25, 0.3) is 0 Å². The van der Waals surface area contributed by atoms with E-state index in [-0.39, 0.29) is 17.8 Å². The minimum absolute atomic E-state index is 0.0438. The van der Waals surface area contributed by atoms with Gasteiger partial charge in [0.2, 0.25) is 0 Å². The van der Waals surface area contributed by atoms with Gasteiger partial charge in [-0.05, 0) is 37.1 Å². The smallest absolute Gasteiger partial charge is 0.387 e. The molecule has 2 aromatic rings. The van der Waals surface area contributed by atoms with Crippen molar-refractivity contribution < 1.29 is 18.3 Å². The fourth-order valence-corrected chi connectivity index (χ4v) is 2.78. The number of halogens is 2. The van der Waals surface area contributed by atoms with Crippen LogP contribution in [0, 0.1) is 0 Å². The van der Waals surface area contributed by atoms with Crippen LogP contribution in [0.2, 0.25) is 0 Å². The number of carbonyl (C=O) groups excluding carboxylic acids is 1. The lowest BCUT2D eigenvalue weighted by molar-refractivity contribution is -0.0498. The van der Waals surface area contributed by atoms with Crippen LogP contribution in [0.1, 0.15) is 12.8 Å². The Kier molecular flexibility index (Phi) is 5.77. The summed E-state index contributed by atoms with van der Waals surface area (Å²) in [6.07, 6.45) is 6.61. The van der Waals surface area contributed by atoms with Crippen molar-refractivity contribution in [3.8, 4) is 5.75 Å². The number of aromatic nitrogens is 2. The maximum atomic E-state index is 12.1. The van der Waals surface area contributed by atoms with Crippen LogP contribution in [0.4, 0.5) is 25.1 Å². The molecule has 0 spiro atoms. The molecule has 0 bridgehead atoms. The number of carbonyl (C=O) groups is 1. The summed E-state index contributed by atoms with van der Waals surface area (Å²) in [6.45, 7) is -1.31. The molecule has 1 aromatic carbocycles. The summed E-state index contributed by atoms with van der Waals surface area (Å²) in [5, 5.41) is 5.61. The first kappa shape index (κ1) is 17.8. The highest BCUT2D eigenvalue weighted by atomic mass is 19.3. The molecule has 0 unspecified atom stereocenters. The standard InChI is InChI=1S/C17H19F2N5O2/c18-16(19)26-14-3-1-12(2-4-14)22-17(25)23-13-5-9-24(10-6-13)15-11-20-7-8-21-15/h1-4,7-8,11,13,16H,5-6,9-10H2,(H2,22,23,25). The minimum Gasteiger partial charge on any atom is -0.435 e.